The maximum Gasteiger partial charge on any atom is 0.234 e. The Morgan fingerprint density at radius 1 is 0.624 bits per heavy atom. The van der Waals surface area contributed by atoms with Crippen LogP contribution in [0.2, 0.25) is 0 Å². The van der Waals surface area contributed by atoms with E-state index in [1.807, 2.05) is 12.1 Å². The van der Waals surface area contributed by atoms with E-state index in [2.05, 4.69) is 26.3 Å². The molecule has 0 aliphatic carbocycles. The number of carbonyl (C=O) groups is 12. The molecule has 101 heavy (non-hydrogen) atoms. The van der Waals surface area contributed by atoms with E-state index in [9.17, 15) is 74.1 Å². The summed E-state index contributed by atoms with van der Waals surface area (Å²) in [6.07, 6.45) is -3.84. The molecule has 10 atom stereocenters. The fourth-order valence-electron chi connectivity index (χ4n) is 12.0. The molecule has 4 amide bonds. The molecule has 0 spiro atoms. The van der Waals surface area contributed by atoms with Crippen molar-refractivity contribution in [2.75, 3.05) is 96.6 Å². The summed E-state index contributed by atoms with van der Waals surface area (Å²) in [5.41, 5.74) is 8.22. The average molecular weight is 1600 g/mol. The van der Waals surface area contributed by atoms with E-state index in [0.717, 1.165) is 33.9 Å². The molecule has 6 rings (SSSR count). The van der Waals surface area contributed by atoms with Gasteiger partial charge in [-0.25, -0.2) is 0 Å². The van der Waals surface area contributed by atoms with Gasteiger partial charge in [-0.1, -0.05) is 82.3 Å². The number of aromatic hydroxyl groups is 1. The Balaban J connectivity index is 0.0000184. The number of amides is 4. The zero-order valence-electron chi connectivity index (χ0n) is 56.3. The van der Waals surface area contributed by atoms with Gasteiger partial charge in [-0.3, -0.25) is 58.0 Å². The van der Waals surface area contributed by atoms with Crippen molar-refractivity contribution in [3.8, 4) is 5.75 Å². The second kappa shape index (κ2) is 43.3. The standard InChI is InChI=1S/C69H94N10O19S2.Lu/c1-42(80)51-33-60(85)54(14-8-9-19-70)73-66(94)46(30-47-35-71-53-13-7-6-12-50(47)53)31-58(83)56(29-45-15-17-49(82)18-16-45)74-67(95)48(40-99-100-41-57(75-68(51)96)61(86)34-52(43(2)81)69(97)98)32-59(84)55(28-44-10-4-3-5-11-44)72-62(87)36-76-20-22-77(37-63(88)89)24-26-79(39-65(92)93)27-25-78(23-21-76)38-64(90)91;/h3-7,10-13,15-18,35,42-43,46,48,51-52,54-57,71,80-82H,8-9,14,19-34,36-41,70H2,1-2H3,(H,72,87)(H,73,94)(H,74,95)(H,75,96)(H,88,89)(H,90,91)(H,92,93)(H,97,98);/p-4/t42-,43-,46+,48+,51+,52+,54+,55-,56+,57+;/m1./s1/i;1+2. The number of carboxylic acid groups (broad SMARTS) is 4. The minimum Gasteiger partial charge on any atom is -0.550 e. The minimum atomic E-state index is -1.77. The number of hydrogen-bond donors (Lipinski definition) is 9. The zero-order chi connectivity index (χ0) is 73.0. The molecule has 0 bridgehead atoms. The number of fused-ring (bicyclic) bond motifs is 1. The van der Waals surface area contributed by atoms with Crippen molar-refractivity contribution in [2.45, 2.75) is 114 Å². The largest absolute Gasteiger partial charge is 0.550 e. The van der Waals surface area contributed by atoms with Crippen molar-refractivity contribution < 1.29 is 130 Å². The number of phenolic OH excluding ortho intramolecular Hbond substituents is 1. The number of nitrogens with one attached hydrogen (secondary N) is 5. The maximum absolute atomic E-state index is 15.4. The first-order chi connectivity index (χ1) is 47.7. The predicted molar refractivity (Wildman–Crippen MR) is 361 cm³/mol. The van der Waals surface area contributed by atoms with E-state index >= 15 is 19.2 Å². The van der Waals surface area contributed by atoms with Crippen molar-refractivity contribution in [1.29, 1.82) is 0 Å². The number of nitrogens with zero attached hydrogens (tertiary/aromatic N) is 4. The van der Waals surface area contributed by atoms with E-state index < -0.39 is 183 Å². The smallest absolute Gasteiger partial charge is 0.234 e. The fourth-order valence-corrected chi connectivity index (χ4v) is 14.5. The third-order valence-electron chi connectivity index (χ3n) is 17.8. The van der Waals surface area contributed by atoms with Crippen molar-refractivity contribution in [1.82, 2.24) is 45.9 Å². The van der Waals surface area contributed by atoms with Gasteiger partial charge in [-0.2, -0.15) is 0 Å². The van der Waals surface area contributed by atoms with Gasteiger partial charge >= 0.3 is 0 Å². The van der Waals surface area contributed by atoms with E-state index in [4.69, 9.17) is 5.73 Å². The number of nitrogens with two attached hydrogens (primary N) is 1. The Morgan fingerprint density at radius 3 is 1.71 bits per heavy atom. The molecule has 10 N–H and O–H groups in total. The second-order valence-electron chi connectivity index (χ2n) is 25.6. The molecule has 0 saturated carbocycles. The van der Waals surface area contributed by atoms with Gasteiger partial charge < -0.3 is 86.9 Å². The summed E-state index contributed by atoms with van der Waals surface area (Å²) >= 11 is 0. The first-order valence-electron chi connectivity index (χ1n) is 33.3. The molecule has 2 aliphatic rings. The third-order valence-corrected chi connectivity index (χ3v) is 20.3. The molecule has 561 valence electrons. The molecule has 32 heteroatoms. The second-order valence-corrected chi connectivity index (χ2v) is 28.1. The topological polar surface area (TPSA) is 461 Å². The Bertz CT molecular complexity index is 3410. The number of carboxylic acids is 4. The monoisotopic (exact) mass is 1600 g/mol. The summed E-state index contributed by atoms with van der Waals surface area (Å²) in [5.74, 6) is -19.0. The van der Waals surface area contributed by atoms with E-state index in [-0.39, 0.29) is 139 Å². The number of H-pyrrole nitrogens is 1. The van der Waals surface area contributed by atoms with Crippen LogP contribution in [-0.2, 0) is 76.8 Å². The molecule has 3 aromatic carbocycles. The van der Waals surface area contributed by atoms with Crippen LogP contribution in [0.4, 0.5) is 0 Å². The van der Waals surface area contributed by atoms with E-state index in [1.165, 1.54) is 45.9 Å². The van der Waals surface area contributed by atoms with Gasteiger partial charge in [0.05, 0.1) is 72.7 Å². The maximum atomic E-state index is 15.4. The molecule has 29 nitrogen and oxygen atoms in total. The number of aromatic nitrogens is 1. The number of Topliss-reactive ketones (excluding diaryl/α,β-unsaturated/α-hetero) is 4. The summed E-state index contributed by atoms with van der Waals surface area (Å²) in [5, 5.41) is 91.4. The number of benzene rings is 3. The van der Waals surface area contributed by atoms with E-state index in [1.54, 1.807) is 53.6 Å². The number of ketones is 4. The molecular weight excluding hydrogens is 1510 g/mol. The van der Waals surface area contributed by atoms with Crippen LogP contribution in [0.15, 0.2) is 85.1 Å². The Labute approximate surface area is 622 Å². The predicted octanol–water partition coefficient (Wildman–Crippen LogP) is -4.35. The van der Waals surface area contributed by atoms with Crippen molar-refractivity contribution in [2.24, 2.45) is 29.4 Å². The van der Waals surface area contributed by atoms with Crippen molar-refractivity contribution in [3.63, 3.8) is 0 Å². The molecular formula is C69H90LuN10O19S2-4. The Morgan fingerprint density at radius 2 is 1.16 bits per heavy atom. The Hall–Kier alpha value is -6.91. The zero-order valence-corrected chi connectivity index (χ0v) is 59.6. The molecule has 1 radical (unpaired) electrons. The van der Waals surface area contributed by atoms with E-state index in [0.29, 0.717) is 35.0 Å². The number of hydrogen-bond acceptors (Lipinski definition) is 26. The summed E-state index contributed by atoms with van der Waals surface area (Å²) in [7, 11) is 1.85. The molecule has 2 fully saturated rings. The molecule has 3 heterocycles. The number of aromatic amines is 1. The fraction of sp³-hybridized carbons (Fsp3) is 0.536. The number of rotatable bonds is 28. The van der Waals surface area contributed by atoms with Gasteiger partial charge in [-0.05, 0) is 93.8 Å². The number of aliphatic hydroxyl groups is 2. The van der Waals surface area contributed by atoms with Gasteiger partial charge in [0.15, 0.2) is 23.1 Å². The average Bonchev–Trinajstić information content (AvgIpc) is 1.75. The van der Waals surface area contributed by atoms with Crippen molar-refractivity contribution in [3.05, 3.63) is 102 Å². The number of aliphatic hydroxyl groups excluding tert-OH is 2. The molecule has 1 aromatic heterocycles. The SMILES string of the molecule is C[C@@H](O)[C@H](CC(=O)[C@@H]1CSSC[C@H](CC(=O)[C@@H](Cc2ccccc2)NC(=O)CN2CCN(CC(=O)[O-])CCN(CC(=O)[O-])CCN(CC(=O)[O-])CC2)C(=O)N[C@@H](Cc2ccc(O)cc2)C(=O)C[C@H](Cc2c[nH]c3ccccc23)C(=O)N[C@@H](CCCCN)C(=O)C[C@@H]([C@@H](C)O)C(=O)N1)C(=O)[O-].[177Lu]. The van der Waals surface area contributed by atoms with Gasteiger partial charge in [0.1, 0.15) is 5.75 Å². The van der Waals surface area contributed by atoms with Gasteiger partial charge in [-0.15, -0.1) is 0 Å². The summed E-state index contributed by atoms with van der Waals surface area (Å²) in [4.78, 5) is 176. The number of carbonyl (C=O) groups excluding carboxylic acids is 12. The van der Waals surface area contributed by atoms with Gasteiger partial charge in [0.25, 0.3) is 0 Å². The number of aliphatic carboxylic acids is 4. The van der Waals surface area contributed by atoms with Gasteiger partial charge in [0, 0.05) is 181 Å². The molecule has 2 saturated heterocycles. The van der Waals surface area contributed by atoms with Crippen molar-refractivity contribution >= 4 is 103 Å². The van der Waals surface area contributed by atoms with Gasteiger partial charge in [0.2, 0.25) is 23.6 Å². The normalized spacial score (nSPS) is 21.9. The van der Waals surface area contributed by atoms with Crippen LogP contribution in [0, 0.1) is 60.5 Å². The van der Waals surface area contributed by atoms with Crippen LogP contribution in [0.3, 0.4) is 0 Å². The number of para-hydroxylation sites is 1. The third kappa shape index (κ3) is 29.0. The van der Waals surface area contributed by atoms with Crippen LogP contribution in [-0.4, -0.2) is 244 Å². The first-order valence-corrected chi connectivity index (χ1v) is 35.8. The molecule has 4 aromatic rings. The summed E-state index contributed by atoms with van der Waals surface area (Å²) in [6, 6.07) is 15.9. The summed E-state index contributed by atoms with van der Waals surface area (Å²) < 4.78 is 0. The molecule has 0 unspecified atom stereocenters. The van der Waals surface area contributed by atoms with Crippen LogP contribution in [0.5, 0.6) is 5.75 Å². The summed E-state index contributed by atoms with van der Waals surface area (Å²) in [6.45, 7) is 0.736. The number of unbranched alkanes of at least 4 members (excludes halogenated alkanes) is 1. The first kappa shape index (κ1) is 84.7. The minimum absolute atomic E-state index is 0. The Kier molecular flexibility index (Phi) is 36.3. The van der Waals surface area contributed by atoms with Crippen LogP contribution in [0.25, 0.3) is 10.9 Å². The van der Waals surface area contributed by atoms with Crippen LogP contribution in [0.1, 0.15) is 75.5 Å². The quantitative estimate of drug-likeness (QED) is 0.0192. The van der Waals surface area contributed by atoms with Crippen LogP contribution < -0.4 is 47.4 Å². The van der Waals surface area contributed by atoms with Crippen LogP contribution >= 0.6 is 21.6 Å². The number of phenols is 1. The molecule has 2 aliphatic heterocycles.